The summed E-state index contributed by atoms with van der Waals surface area (Å²) in [6, 6.07) is 6.99. The van der Waals surface area contributed by atoms with Gasteiger partial charge in [-0.1, -0.05) is 12.1 Å². The second kappa shape index (κ2) is 7.23. The molecule has 0 saturated carbocycles. The number of aryl methyl sites for hydroxylation is 1. The zero-order valence-electron chi connectivity index (χ0n) is 14.0. The van der Waals surface area contributed by atoms with Crippen LogP contribution in [0.2, 0.25) is 0 Å². The molecule has 0 aliphatic carbocycles. The molecule has 2 heterocycles. The summed E-state index contributed by atoms with van der Waals surface area (Å²) in [5, 5.41) is 3.85. The van der Waals surface area contributed by atoms with Gasteiger partial charge in [0.15, 0.2) is 5.78 Å². The number of thiazole rings is 1. The Kier molecular flexibility index (Phi) is 5.06. The number of aromatic nitrogens is 1. The monoisotopic (exact) mass is 343 g/mol. The number of Topliss-reactive ketones (excluding diaryl/α,β-unsaturated/α-hetero) is 1. The van der Waals surface area contributed by atoms with Gasteiger partial charge in [-0.05, 0) is 51.9 Å². The molecular formula is C18H21N3O2S. The van der Waals surface area contributed by atoms with Crippen molar-refractivity contribution in [1.82, 2.24) is 9.88 Å². The molecule has 2 aromatic rings. The normalized spacial score (nSPS) is 14.8. The van der Waals surface area contributed by atoms with Crippen molar-refractivity contribution in [2.45, 2.75) is 33.2 Å². The average molecular weight is 343 g/mol. The summed E-state index contributed by atoms with van der Waals surface area (Å²) in [7, 11) is 0. The maximum atomic E-state index is 12.5. The SMILES string of the molecule is CC(=O)c1cccc(NC(=O)c2sc(CN3CCCC3)nc2C)c1. The number of hydrogen-bond acceptors (Lipinski definition) is 5. The largest absolute Gasteiger partial charge is 0.321 e. The third-order valence-corrected chi connectivity index (χ3v) is 5.27. The first-order chi connectivity index (χ1) is 11.5. The Labute approximate surface area is 145 Å². The number of rotatable bonds is 5. The molecule has 1 N–H and O–H groups in total. The van der Waals surface area contributed by atoms with E-state index in [9.17, 15) is 9.59 Å². The number of amides is 1. The summed E-state index contributed by atoms with van der Waals surface area (Å²) in [6.45, 7) is 6.42. The van der Waals surface area contributed by atoms with Crippen LogP contribution in [0.25, 0.3) is 0 Å². The molecule has 1 aliphatic rings. The van der Waals surface area contributed by atoms with E-state index in [0.29, 0.717) is 16.1 Å². The molecule has 126 valence electrons. The van der Waals surface area contributed by atoms with Gasteiger partial charge in [0.25, 0.3) is 5.91 Å². The fourth-order valence-corrected chi connectivity index (χ4v) is 3.87. The van der Waals surface area contributed by atoms with E-state index in [1.807, 2.05) is 6.92 Å². The summed E-state index contributed by atoms with van der Waals surface area (Å²) in [5.41, 5.74) is 1.97. The molecule has 0 atom stereocenters. The zero-order chi connectivity index (χ0) is 17.1. The van der Waals surface area contributed by atoms with E-state index in [4.69, 9.17) is 0 Å². The van der Waals surface area contributed by atoms with E-state index >= 15 is 0 Å². The molecule has 0 bridgehead atoms. The van der Waals surface area contributed by atoms with E-state index < -0.39 is 0 Å². The van der Waals surface area contributed by atoms with Crippen LogP contribution in [-0.4, -0.2) is 34.7 Å². The summed E-state index contributed by atoms with van der Waals surface area (Å²) in [5.74, 6) is -0.189. The van der Waals surface area contributed by atoms with Gasteiger partial charge in [-0.3, -0.25) is 14.5 Å². The lowest BCUT2D eigenvalue weighted by molar-refractivity contribution is 0.101. The first-order valence-electron chi connectivity index (χ1n) is 8.14. The molecule has 1 aliphatic heterocycles. The van der Waals surface area contributed by atoms with Crippen LogP contribution in [0.15, 0.2) is 24.3 Å². The molecule has 0 unspecified atom stereocenters. The Morgan fingerprint density at radius 1 is 1.29 bits per heavy atom. The van der Waals surface area contributed by atoms with Crippen molar-refractivity contribution in [2.75, 3.05) is 18.4 Å². The van der Waals surface area contributed by atoms with Gasteiger partial charge in [0.05, 0.1) is 12.2 Å². The topological polar surface area (TPSA) is 62.3 Å². The molecule has 6 heteroatoms. The maximum Gasteiger partial charge on any atom is 0.267 e. The first kappa shape index (κ1) is 16.8. The third kappa shape index (κ3) is 3.88. The molecule has 1 saturated heterocycles. The van der Waals surface area contributed by atoms with Crippen LogP contribution in [0.1, 0.15) is 50.5 Å². The summed E-state index contributed by atoms with van der Waals surface area (Å²) in [4.78, 5) is 31.5. The van der Waals surface area contributed by atoms with Gasteiger partial charge in [-0.2, -0.15) is 0 Å². The minimum atomic E-state index is -0.168. The Balaban J connectivity index is 1.71. The van der Waals surface area contributed by atoms with Gasteiger partial charge in [0, 0.05) is 11.3 Å². The standard InChI is InChI=1S/C18H21N3O2S/c1-12-17(24-16(19-12)11-21-8-3-4-9-21)18(23)20-15-7-5-6-14(10-15)13(2)22/h5-7,10H,3-4,8-9,11H2,1-2H3,(H,20,23). The number of ketones is 1. The second-order valence-corrected chi connectivity index (χ2v) is 7.18. The van der Waals surface area contributed by atoms with Crippen molar-refractivity contribution < 1.29 is 9.59 Å². The molecule has 1 amide bonds. The van der Waals surface area contributed by atoms with E-state index in [0.717, 1.165) is 30.3 Å². The quantitative estimate of drug-likeness (QED) is 0.844. The van der Waals surface area contributed by atoms with Crippen molar-refractivity contribution in [3.63, 3.8) is 0 Å². The molecule has 0 radical (unpaired) electrons. The molecule has 1 fully saturated rings. The van der Waals surface area contributed by atoms with Gasteiger partial charge in [0.1, 0.15) is 9.88 Å². The van der Waals surface area contributed by atoms with Crippen LogP contribution >= 0.6 is 11.3 Å². The molecule has 0 spiro atoms. The highest BCUT2D eigenvalue weighted by molar-refractivity contribution is 7.13. The van der Waals surface area contributed by atoms with Crippen LogP contribution in [0.4, 0.5) is 5.69 Å². The van der Waals surface area contributed by atoms with Crippen LogP contribution in [-0.2, 0) is 6.54 Å². The smallest absolute Gasteiger partial charge is 0.267 e. The predicted octanol–water partition coefficient (Wildman–Crippen LogP) is 3.50. The van der Waals surface area contributed by atoms with Crippen molar-refractivity contribution in [3.8, 4) is 0 Å². The maximum absolute atomic E-state index is 12.5. The first-order valence-corrected chi connectivity index (χ1v) is 8.95. The lowest BCUT2D eigenvalue weighted by Crippen LogP contribution is -2.18. The molecule has 1 aromatic carbocycles. The lowest BCUT2D eigenvalue weighted by atomic mass is 10.1. The molecular weight excluding hydrogens is 322 g/mol. The van der Waals surface area contributed by atoms with Gasteiger partial charge in [0.2, 0.25) is 0 Å². The van der Waals surface area contributed by atoms with Crippen LogP contribution in [0.3, 0.4) is 0 Å². The molecule has 24 heavy (non-hydrogen) atoms. The van der Waals surface area contributed by atoms with Gasteiger partial charge < -0.3 is 5.32 Å². The second-order valence-electron chi connectivity index (χ2n) is 6.10. The number of nitrogens with one attached hydrogen (secondary N) is 1. The van der Waals surface area contributed by atoms with Crippen molar-refractivity contribution in [1.29, 1.82) is 0 Å². The fraction of sp³-hybridized carbons (Fsp3) is 0.389. The number of carbonyl (C=O) groups excluding carboxylic acids is 2. The van der Waals surface area contributed by atoms with Crippen molar-refractivity contribution in [3.05, 3.63) is 45.4 Å². The third-order valence-electron chi connectivity index (χ3n) is 4.13. The Morgan fingerprint density at radius 3 is 2.75 bits per heavy atom. The molecule has 3 rings (SSSR count). The van der Waals surface area contributed by atoms with Gasteiger partial charge >= 0.3 is 0 Å². The summed E-state index contributed by atoms with van der Waals surface area (Å²) < 4.78 is 0. The van der Waals surface area contributed by atoms with E-state index in [1.165, 1.54) is 31.1 Å². The van der Waals surface area contributed by atoms with Crippen LogP contribution < -0.4 is 5.32 Å². The predicted molar refractivity (Wildman–Crippen MR) is 95.8 cm³/mol. The molecule has 5 nitrogen and oxygen atoms in total. The van der Waals surface area contributed by atoms with Gasteiger partial charge in [-0.15, -0.1) is 11.3 Å². The zero-order valence-corrected chi connectivity index (χ0v) is 14.8. The van der Waals surface area contributed by atoms with E-state index in [-0.39, 0.29) is 11.7 Å². The minimum Gasteiger partial charge on any atom is -0.321 e. The number of anilines is 1. The van der Waals surface area contributed by atoms with Crippen LogP contribution in [0, 0.1) is 6.92 Å². The number of carbonyl (C=O) groups is 2. The van der Waals surface area contributed by atoms with E-state index in [2.05, 4.69) is 15.2 Å². The Morgan fingerprint density at radius 2 is 2.04 bits per heavy atom. The Hall–Kier alpha value is -2.05. The van der Waals surface area contributed by atoms with Gasteiger partial charge in [-0.25, -0.2) is 4.98 Å². The van der Waals surface area contributed by atoms with Crippen LogP contribution in [0.5, 0.6) is 0 Å². The highest BCUT2D eigenvalue weighted by atomic mass is 32.1. The summed E-state index contributed by atoms with van der Waals surface area (Å²) in [6.07, 6.45) is 2.48. The van der Waals surface area contributed by atoms with Crippen molar-refractivity contribution in [2.24, 2.45) is 0 Å². The number of nitrogens with zero attached hydrogens (tertiary/aromatic N) is 2. The number of hydrogen-bond donors (Lipinski definition) is 1. The highest BCUT2D eigenvalue weighted by Gasteiger charge is 2.19. The summed E-state index contributed by atoms with van der Waals surface area (Å²) >= 11 is 1.45. The minimum absolute atomic E-state index is 0.0204. The average Bonchev–Trinajstić information content (AvgIpc) is 3.17. The Bertz CT molecular complexity index is 763. The van der Waals surface area contributed by atoms with Crippen molar-refractivity contribution >= 4 is 28.7 Å². The highest BCUT2D eigenvalue weighted by Crippen LogP contribution is 2.23. The number of likely N-dealkylation sites (tertiary alicyclic amines) is 1. The number of benzene rings is 1. The molecule has 1 aromatic heterocycles. The van der Waals surface area contributed by atoms with E-state index in [1.54, 1.807) is 24.3 Å². The lowest BCUT2D eigenvalue weighted by Gasteiger charge is -2.11. The fourth-order valence-electron chi connectivity index (χ4n) is 2.87.